The van der Waals surface area contributed by atoms with Gasteiger partial charge < -0.3 is 5.73 Å². The number of hydrogen-bond donors (Lipinski definition) is 1. The summed E-state index contributed by atoms with van der Waals surface area (Å²) in [7, 11) is 0. The van der Waals surface area contributed by atoms with Crippen LogP contribution < -0.4 is 5.73 Å². The van der Waals surface area contributed by atoms with E-state index in [0.29, 0.717) is 10.4 Å². The molecular formula is C18H23ClFN. The van der Waals surface area contributed by atoms with Crippen molar-refractivity contribution in [1.82, 2.24) is 0 Å². The molecule has 5 rings (SSSR count). The molecule has 2 N–H and O–H groups in total. The van der Waals surface area contributed by atoms with Crippen LogP contribution in [0.4, 0.5) is 4.39 Å². The number of rotatable bonds is 3. The molecule has 0 spiro atoms. The second-order valence-corrected chi connectivity index (χ2v) is 8.23. The third kappa shape index (κ3) is 2.41. The fourth-order valence-corrected chi connectivity index (χ4v) is 6.02. The second kappa shape index (κ2) is 4.96. The lowest BCUT2D eigenvalue weighted by Gasteiger charge is -2.59. The van der Waals surface area contributed by atoms with Crippen molar-refractivity contribution in [3.05, 3.63) is 34.6 Å². The Kier molecular flexibility index (Phi) is 3.31. The van der Waals surface area contributed by atoms with Gasteiger partial charge in [-0.2, -0.15) is 0 Å². The van der Waals surface area contributed by atoms with Crippen LogP contribution in [0.15, 0.2) is 18.2 Å². The van der Waals surface area contributed by atoms with Crippen molar-refractivity contribution in [3.63, 3.8) is 0 Å². The van der Waals surface area contributed by atoms with E-state index >= 15 is 0 Å². The molecule has 0 aromatic heterocycles. The molecule has 1 aromatic rings. The highest BCUT2D eigenvalue weighted by Gasteiger charge is 2.53. The van der Waals surface area contributed by atoms with Gasteiger partial charge in [-0.25, -0.2) is 4.39 Å². The van der Waals surface area contributed by atoms with Gasteiger partial charge in [-0.15, -0.1) is 0 Å². The van der Waals surface area contributed by atoms with Gasteiger partial charge in [0.05, 0.1) is 0 Å². The summed E-state index contributed by atoms with van der Waals surface area (Å²) in [5.41, 5.74) is 7.99. The number of halogens is 2. The van der Waals surface area contributed by atoms with Crippen molar-refractivity contribution in [3.8, 4) is 0 Å². The fraction of sp³-hybridized carbons (Fsp3) is 0.667. The van der Waals surface area contributed by atoms with Gasteiger partial charge in [0.15, 0.2) is 0 Å². The zero-order valence-corrected chi connectivity index (χ0v) is 13.1. The Balaban J connectivity index is 1.56. The van der Waals surface area contributed by atoms with E-state index < -0.39 is 0 Å². The van der Waals surface area contributed by atoms with E-state index in [4.69, 9.17) is 17.3 Å². The van der Waals surface area contributed by atoms with Gasteiger partial charge in [0.25, 0.3) is 0 Å². The van der Waals surface area contributed by atoms with Crippen LogP contribution in [0, 0.1) is 29.0 Å². The van der Waals surface area contributed by atoms with E-state index in [1.54, 1.807) is 6.07 Å². The lowest BCUT2D eigenvalue weighted by Crippen LogP contribution is -2.55. The molecule has 1 aromatic carbocycles. The monoisotopic (exact) mass is 307 g/mol. The molecule has 21 heavy (non-hydrogen) atoms. The summed E-state index contributed by atoms with van der Waals surface area (Å²) in [4.78, 5) is 0. The molecule has 114 valence electrons. The highest BCUT2D eigenvalue weighted by Crippen LogP contribution is 2.61. The normalized spacial score (nSPS) is 38.7. The second-order valence-electron chi connectivity index (χ2n) is 7.83. The Morgan fingerprint density at radius 3 is 2.24 bits per heavy atom. The number of hydrogen-bond acceptors (Lipinski definition) is 1. The summed E-state index contributed by atoms with van der Waals surface area (Å²) in [6, 6.07) is 4.86. The molecule has 4 fully saturated rings. The van der Waals surface area contributed by atoms with Crippen molar-refractivity contribution in [2.45, 2.75) is 51.0 Å². The predicted molar refractivity (Wildman–Crippen MR) is 83.7 cm³/mol. The standard InChI is InChI=1S/C18H23ClFN/c19-16-7-15(20)2-1-14(16)6-17(21)18-8-11-3-12(9-18)5-13(4-11)10-18/h1-2,7,11-13,17H,3-6,8-10,21H2. The molecule has 0 aliphatic heterocycles. The van der Waals surface area contributed by atoms with E-state index in [2.05, 4.69) is 0 Å². The van der Waals surface area contributed by atoms with Crippen LogP contribution in [0.3, 0.4) is 0 Å². The van der Waals surface area contributed by atoms with Crippen LogP contribution in [0.1, 0.15) is 44.1 Å². The van der Waals surface area contributed by atoms with Crippen LogP contribution in [0.25, 0.3) is 0 Å². The van der Waals surface area contributed by atoms with E-state index in [1.165, 1.54) is 50.7 Å². The van der Waals surface area contributed by atoms with Gasteiger partial charge in [-0.05, 0) is 85.8 Å². The molecule has 4 aliphatic rings. The third-order valence-corrected chi connectivity index (χ3v) is 6.68. The van der Waals surface area contributed by atoms with Crippen molar-refractivity contribution < 1.29 is 4.39 Å². The maximum Gasteiger partial charge on any atom is 0.124 e. The minimum atomic E-state index is -0.271. The summed E-state index contributed by atoms with van der Waals surface area (Å²) < 4.78 is 13.2. The average Bonchev–Trinajstić information content (AvgIpc) is 2.40. The van der Waals surface area contributed by atoms with Gasteiger partial charge in [-0.3, -0.25) is 0 Å². The molecule has 0 heterocycles. The fourth-order valence-electron chi connectivity index (χ4n) is 5.77. The Hall–Kier alpha value is -0.600. The van der Waals surface area contributed by atoms with Crippen LogP contribution in [-0.2, 0) is 6.42 Å². The summed E-state index contributed by atoms with van der Waals surface area (Å²) in [5.74, 6) is 2.45. The van der Waals surface area contributed by atoms with Gasteiger partial charge in [0, 0.05) is 11.1 Å². The lowest BCUT2D eigenvalue weighted by atomic mass is 9.47. The van der Waals surface area contributed by atoms with Crippen molar-refractivity contribution >= 4 is 11.6 Å². The maximum absolute atomic E-state index is 13.2. The SMILES string of the molecule is NC(Cc1ccc(F)cc1Cl)C12CC3CC(CC(C3)C1)C2. The minimum absolute atomic E-state index is 0.161. The smallest absolute Gasteiger partial charge is 0.124 e. The largest absolute Gasteiger partial charge is 0.327 e. The third-order valence-electron chi connectivity index (χ3n) is 6.33. The van der Waals surface area contributed by atoms with Gasteiger partial charge in [0.1, 0.15) is 5.82 Å². The number of benzene rings is 1. The molecule has 4 aliphatic carbocycles. The quantitative estimate of drug-likeness (QED) is 0.870. The Morgan fingerprint density at radius 2 is 1.71 bits per heavy atom. The molecule has 1 nitrogen and oxygen atoms in total. The first kappa shape index (κ1) is 14.0. The molecule has 4 saturated carbocycles. The summed E-state index contributed by atoms with van der Waals surface area (Å²) in [6.07, 6.45) is 9.00. The molecule has 0 radical (unpaired) electrons. The highest BCUT2D eigenvalue weighted by molar-refractivity contribution is 6.31. The van der Waals surface area contributed by atoms with Crippen LogP contribution in [0.2, 0.25) is 5.02 Å². The van der Waals surface area contributed by atoms with Crippen LogP contribution >= 0.6 is 11.6 Å². The van der Waals surface area contributed by atoms with Gasteiger partial charge in [-0.1, -0.05) is 17.7 Å². The van der Waals surface area contributed by atoms with Gasteiger partial charge >= 0.3 is 0 Å². The zero-order valence-electron chi connectivity index (χ0n) is 12.3. The molecule has 0 amide bonds. The summed E-state index contributed by atoms with van der Waals surface area (Å²) >= 11 is 6.19. The predicted octanol–water partition coefficient (Wildman–Crippen LogP) is 4.57. The molecule has 1 atom stereocenters. The van der Waals surface area contributed by atoms with E-state index in [-0.39, 0.29) is 11.9 Å². The first-order valence-corrected chi connectivity index (χ1v) is 8.61. The molecule has 3 heteroatoms. The topological polar surface area (TPSA) is 26.0 Å². The first-order chi connectivity index (χ1) is 10.0. The Labute approximate surface area is 131 Å². The average molecular weight is 308 g/mol. The van der Waals surface area contributed by atoms with E-state index in [0.717, 1.165) is 29.7 Å². The van der Waals surface area contributed by atoms with Crippen molar-refractivity contribution in [2.75, 3.05) is 0 Å². The molecule has 1 unspecified atom stereocenters. The Bertz CT molecular complexity index is 521. The molecule has 0 saturated heterocycles. The van der Waals surface area contributed by atoms with Crippen molar-refractivity contribution in [2.24, 2.45) is 28.9 Å². The molecular weight excluding hydrogens is 285 g/mol. The maximum atomic E-state index is 13.2. The van der Waals surface area contributed by atoms with Crippen LogP contribution in [-0.4, -0.2) is 6.04 Å². The first-order valence-electron chi connectivity index (χ1n) is 8.23. The molecule has 4 bridgehead atoms. The van der Waals surface area contributed by atoms with Crippen LogP contribution in [0.5, 0.6) is 0 Å². The van der Waals surface area contributed by atoms with Gasteiger partial charge in [0.2, 0.25) is 0 Å². The summed E-state index contributed by atoms with van der Waals surface area (Å²) in [6.45, 7) is 0. The number of nitrogens with two attached hydrogens (primary N) is 1. The zero-order chi connectivity index (χ0) is 14.6. The van der Waals surface area contributed by atoms with Crippen molar-refractivity contribution in [1.29, 1.82) is 0 Å². The van der Waals surface area contributed by atoms with E-state index in [9.17, 15) is 4.39 Å². The lowest BCUT2D eigenvalue weighted by molar-refractivity contribution is -0.0667. The highest BCUT2D eigenvalue weighted by atomic mass is 35.5. The summed E-state index contributed by atoms with van der Waals surface area (Å²) in [5, 5.41) is 0.523. The van der Waals surface area contributed by atoms with E-state index in [1.807, 2.05) is 0 Å². The Morgan fingerprint density at radius 1 is 1.14 bits per heavy atom. The minimum Gasteiger partial charge on any atom is -0.327 e.